The van der Waals surface area contributed by atoms with E-state index in [0.717, 1.165) is 57.7 Å². The molecule has 0 unspecified atom stereocenters. The number of aromatic nitrogens is 3. The zero-order valence-electron chi connectivity index (χ0n) is 19.0. The maximum atomic E-state index is 13.0. The highest BCUT2D eigenvalue weighted by Crippen LogP contribution is 2.31. The number of rotatable bonds is 5. The Kier molecular flexibility index (Phi) is 5.76. The van der Waals surface area contributed by atoms with E-state index in [1.165, 1.54) is 5.56 Å². The zero-order valence-corrected chi connectivity index (χ0v) is 19.9. The predicted octanol–water partition coefficient (Wildman–Crippen LogP) is 4.94. The Morgan fingerprint density at radius 1 is 1.18 bits per heavy atom. The number of carbonyl (C=O) groups is 1. The predicted molar refractivity (Wildman–Crippen MR) is 132 cm³/mol. The molecule has 170 valence electrons. The van der Waals surface area contributed by atoms with Crippen LogP contribution in [-0.2, 0) is 4.79 Å². The largest absolute Gasteiger partial charge is 0.497 e. The van der Waals surface area contributed by atoms with Crippen LogP contribution in [0.15, 0.2) is 48.7 Å². The molecule has 2 aromatic heterocycles. The smallest absolute Gasteiger partial charge is 0.229 e. The first kappa shape index (κ1) is 21.5. The second-order valence-electron chi connectivity index (χ2n) is 8.49. The van der Waals surface area contributed by atoms with Gasteiger partial charge in [0.15, 0.2) is 0 Å². The van der Waals surface area contributed by atoms with E-state index in [1.807, 2.05) is 54.0 Å². The third-order valence-electron chi connectivity index (χ3n) is 6.34. The van der Waals surface area contributed by atoms with Crippen LogP contribution in [0.5, 0.6) is 5.75 Å². The molecule has 3 heterocycles. The third kappa shape index (κ3) is 4.30. The lowest BCUT2D eigenvalue weighted by Gasteiger charge is -2.31. The van der Waals surface area contributed by atoms with Crippen molar-refractivity contribution in [2.24, 2.45) is 5.92 Å². The van der Waals surface area contributed by atoms with Crippen molar-refractivity contribution in [1.29, 1.82) is 0 Å². The number of imidazole rings is 1. The average molecular weight is 462 g/mol. The zero-order chi connectivity index (χ0) is 22.9. The van der Waals surface area contributed by atoms with Gasteiger partial charge in [0.25, 0.3) is 0 Å². The number of piperidine rings is 1. The molecule has 33 heavy (non-hydrogen) atoms. The quantitative estimate of drug-likeness (QED) is 0.456. The van der Waals surface area contributed by atoms with Gasteiger partial charge in [0, 0.05) is 24.3 Å². The molecular weight excluding hydrogens is 434 g/mol. The van der Waals surface area contributed by atoms with Gasteiger partial charge < -0.3 is 15.0 Å². The second-order valence-corrected chi connectivity index (χ2v) is 9.42. The molecule has 1 amide bonds. The van der Waals surface area contributed by atoms with Crippen LogP contribution in [0, 0.1) is 19.8 Å². The molecule has 0 bridgehead atoms. The summed E-state index contributed by atoms with van der Waals surface area (Å²) in [4.78, 5) is 20.8. The van der Waals surface area contributed by atoms with Gasteiger partial charge in [-0.1, -0.05) is 23.5 Å². The minimum atomic E-state index is -0.0651. The summed E-state index contributed by atoms with van der Waals surface area (Å²) < 4.78 is 7.06. The summed E-state index contributed by atoms with van der Waals surface area (Å²) in [6.45, 7) is 5.67. The van der Waals surface area contributed by atoms with Crippen LogP contribution in [0.25, 0.3) is 16.2 Å². The monoisotopic (exact) mass is 461 g/mol. The highest BCUT2D eigenvalue weighted by molar-refractivity contribution is 7.20. The van der Waals surface area contributed by atoms with E-state index in [0.29, 0.717) is 6.54 Å². The number of ether oxygens (including phenoxy) is 1. The number of hydrogen-bond acceptors (Lipinski definition) is 6. The maximum absolute atomic E-state index is 13.0. The van der Waals surface area contributed by atoms with Gasteiger partial charge in [-0.25, -0.2) is 9.50 Å². The first-order chi connectivity index (χ1) is 16.0. The number of benzene rings is 2. The van der Waals surface area contributed by atoms with Crippen molar-refractivity contribution >= 4 is 33.0 Å². The number of carbonyl (C=O) groups excluding carboxylic acids is 1. The van der Waals surface area contributed by atoms with Gasteiger partial charge in [-0.3, -0.25) is 4.79 Å². The Labute approximate surface area is 197 Å². The molecule has 1 N–H and O–H groups in total. The fourth-order valence-electron chi connectivity index (χ4n) is 4.20. The summed E-state index contributed by atoms with van der Waals surface area (Å²) in [5.41, 5.74) is 5.10. The summed E-state index contributed by atoms with van der Waals surface area (Å²) in [5, 5.41) is 8.81. The van der Waals surface area contributed by atoms with Gasteiger partial charge in [-0.2, -0.15) is 0 Å². The number of methoxy groups -OCH3 is 1. The van der Waals surface area contributed by atoms with E-state index in [2.05, 4.69) is 23.2 Å². The molecule has 0 saturated carbocycles. The second kappa shape index (κ2) is 8.86. The van der Waals surface area contributed by atoms with Crippen LogP contribution in [0.4, 0.5) is 10.8 Å². The Balaban J connectivity index is 1.29. The van der Waals surface area contributed by atoms with Gasteiger partial charge in [0.05, 0.1) is 24.9 Å². The standard InChI is InChI=1S/C25H27N5O2S/c1-16-6-4-8-21(17(16)2)26-23(31)19-7-5-13-29(14-19)25-28-30-15-22(27-24(30)33-25)18-9-11-20(32-3)12-10-18/h4,6,8-12,15,19H,5,7,13-14H2,1-3H3,(H,26,31)/t19-/m1/s1. The minimum absolute atomic E-state index is 0.0651. The molecule has 0 spiro atoms. The fourth-order valence-corrected chi connectivity index (χ4v) is 5.12. The van der Waals surface area contributed by atoms with Gasteiger partial charge in [-0.15, -0.1) is 5.10 Å². The van der Waals surface area contributed by atoms with Crippen molar-refractivity contribution in [3.8, 4) is 17.0 Å². The van der Waals surface area contributed by atoms with E-state index >= 15 is 0 Å². The molecule has 1 aliphatic heterocycles. The molecule has 2 aromatic carbocycles. The average Bonchev–Trinajstić information content (AvgIpc) is 3.42. The van der Waals surface area contributed by atoms with Crippen molar-refractivity contribution in [2.75, 3.05) is 30.4 Å². The molecule has 4 aromatic rings. The molecule has 7 nitrogen and oxygen atoms in total. The first-order valence-electron chi connectivity index (χ1n) is 11.1. The number of nitrogens with one attached hydrogen (secondary N) is 1. The lowest BCUT2D eigenvalue weighted by Crippen LogP contribution is -2.40. The van der Waals surface area contributed by atoms with Crippen molar-refractivity contribution in [2.45, 2.75) is 26.7 Å². The topological polar surface area (TPSA) is 71.8 Å². The molecule has 0 aliphatic carbocycles. The number of fused-ring (bicyclic) bond motifs is 1. The van der Waals surface area contributed by atoms with Crippen molar-refractivity contribution in [3.63, 3.8) is 0 Å². The lowest BCUT2D eigenvalue weighted by atomic mass is 9.97. The van der Waals surface area contributed by atoms with Crippen molar-refractivity contribution < 1.29 is 9.53 Å². The highest BCUT2D eigenvalue weighted by Gasteiger charge is 2.28. The number of amides is 1. The molecule has 1 fully saturated rings. The number of nitrogens with zero attached hydrogens (tertiary/aromatic N) is 4. The van der Waals surface area contributed by atoms with Crippen LogP contribution in [0.3, 0.4) is 0 Å². The van der Waals surface area contributed by atoms with Gasteiger partial charge >= 0.3 is 0 Å². The van der Waals surface area contributed by atoms with Gasteiger partial charge in [0.1, 0.15) is 5.75 Å². The van der Waals surface area contributed by atoms with Crippen LogP contribution in [0.2, 0.25) is 0 Å². The van der Waals surface area contributed by atoms with Crippen molar-refractivity contribution in [3.05, 3.63) is 59.8 Å². The molecule has 1 saturated heterocycles. The summed E-state index contributed by atoms with van der Waals surface area (Å²) in [7, 11) is 1.66. The van der Waals surface area contributed by atoms with E-state index in [1.54, 1.807) is 18.4 Å². The molecule has 1 aliphatic rings. The van der Waals surface area contributed by atoms with Crippen LogP contribution < -0.4 is 15.0 Å². The Morgan fingerprint density at radius 2 is 2.00 bits per heavy atom. The SMILES string of the molecule is COc1ccc(-c2cn3nc(N4CCC[C@@H](C(=O)Nc5cccc(C)c5C)C4)sc3n2)cc1. The minimum Gasteiger partial charge on any atom is -0.497 e. The van der Waals surface area contributed by atoms with E-state index in [9.17, 15) is 4.79 Å². The summed E-state index contributed by atoms with van der Waals surface area (Å²) in [6, 6.07) is 13.9. The number of anilines is 2. The third-order valence-corrected chi connectivity index (χ3v) is 7.33. The van der Waals surface area contributed by atoms with Crippen molar-refractivity contribution in [1.82, 2.24) is 14.6 Å². The first-order valence-corrected chi connectivity index (χ1v) is 12.0. The maximum Gasteiger partial charge on any atom is 0.229 e. The van der Waals surface area contributed by atoms with Gasteiger partial charge in [0.2, 0.25) is 16.0 Å². The lowest BCUT2D eigenvalue weighted by molar-refractivity contribution is -0.120. The fraction of sp³-hybridized carbons (Fsp3) is 0.320. The van der Waals surface area contributed by atoms with Crippen LogP contribution in [0.1, 0.15) is 24.0 Å². The van der Waals surface area contributed by atoms with Crippen LogP contribution in [-0.4, -0.2) is 40.7 Å². The van der Waals surface area contributed by atoms with E-state index in [4.69, 9.17) is 14.8 Å². The van der Waals surface area contributed by atoms with E-state index < -0.39 is 0 Å². The van der Waals surface area contributed by atoms with Gasteiger partial charge in [-0.05, 0) is 68.1 Å². The summed E-state index contributed by atoms with van der Waals surface area (Å²) >= 11 is 1.56. The molecular formula is C25H27N5O2S. The molecule has 5 rings (SSSR count). The molecule has 1 atom stereocenters. The molecule has 8 heteroatoms. The number of hydrogen-bond donors (Lipinski definition) is 1. The Bertz CT molecular complexity index is 1260. The Hall–Kier alpha value is -3.39. The van der Waals surface area contributed by atoms with E-state index in [-0.39, 0.29) is 11.8 Å². The summed E-state index contributed by atoms with van der Waals surface area (Å²) in [6.07, 6.45) is 3.80. The molecule has 0 radical (unpaired) electrons. The van der Waals surface area contributed by atoms with Crippen LogP contribution >= 0.6 is 11.3 Å². The Morgan fingerprint density at radius 3 is 2.76 bits per heavy atom. The summed E-state index contributed by atoms with van der Waals surface area (Å²) in [5.74, 6) is 0.836. The highest BCUT2D eigenvalue weighted by atomic mass is 32.1. The normalized spacial score (nSPS) is 16.2. The number of aryl methyl sites for hydroxylation is 1.